The minimum absolute atomic E-state index is 0.147. The Labute approximate surface area is 84.1 Å². The van der Waals surface area contributed by atoms with E-state index in [-0.39, 0.29) is 19.6 Å². The maximum atomic E-state index is 10.5. The van der Waals surface area contributed by atoms with Crippen LogP contribution >= 0.6 is 0 Å². The van der Waals surface area contributed by atoms with Crippen molar-refractivity contribution in [2.45, 2.75) is 33.2 Å². The molecule has 0 aromatic carbocycles. The molecule has 0 atom stereocenters. The van der Waals surface area contributed by atoms with Gasteiger partial charge in [0, 0.05) is 19.6 Å². The Morgan fingerprint density at radius 3 is 1.79 bits per heavy atom. The molecule has 0 heterocycles. The first-order valence-electron chi connectivity index (χ1n) is 4.35. The van der Waals surface area contributed by atoms with Gasteiger partial charge in [-0.15, -0.1) is 0 Å². The first kappa shape index (κ1) is 13.8. The molecule has 0 aliphatic heterocycles. The van der Waals surface area contributed by atoms with Gasteiger partial charge in [-0.1, -0.05) is 6.92 Å². The first-order valence-corrected chi connectivity index (χ1v) is 5.71. The Bertz CT molecular complexity index is 241. The third-order valence-electron chi connectivity index (χ3n) is 1.39. The van der Waals surface area contributed by atoms with Gasteiger partial charge in [0.2, 0.25) is 0 Å². The molecular weight excluding hydrogens is 212 g/mol. The van der Waals surface area contributed by atoms with Crippen LogP contribution in [0.25, 0.3) is 0 Å². The van der Waals surface area contributed by atoms with Crippen molar-refractivity contribution in [3.63, 3.8) is 0 Å². The largest absolute Gasteiger partial charge is 0.401 e. The van der Waals surface area contributed by atoms with E-state index in [4.69, 9.17) is 14.0 Å². The zero-order chi connectivity index (χ0) is 11.2. The van der Waals surface area contributed by atoms with E-state index in [1.54, 1.807) is 20.8 Å². The van der Waals surface area contributed by atoms with Gasteiger partial charge in [0.05, 0.1) is 0 Å². The minimum Gasteiger partial charge on any atom is -0.327 e. The van der Waals surface area contributed by atoms with E-state index in [1.807, 2.05) is 0 Å². The third kappa shape index (κ3) is 4.87. The summed E-state index contributed by atoms with van der Waals surface area (Å²) in [4.78, 5) is 0. The molecule has 0 rings (SSSR count). The van der Waals surface area contributed by atoms with Crippen molar-refractivity contribution in [3.05, 3.63) is 0 Å². The molecule has 14 heavy (non-hydrogen) atoms. The molecule has 0 saturated carbocycles. The van der Waals surface area contributed by atoms with Crippen LogP contribution < -0.4 is 0 Å². The molecule has 0 aromatic rings. The molecule has 0 unspecified atom stereocenters. The number of rotatable bonds is 7. The second-order valence-electron chi connectivity index (χ2n) is 2.41. The maximum absolute atomic E-state index is 10.5. The summed E-state index contributed by atoms with van der Waals surface area (Å²) < 4.78 is 43.9. The zero-order valence-electron chi connectivity index (χ0n) is 8.52. The third-order valence-corrected chi connectivity index (χ3v) is 1.86. The van der Waals surface area contributed by atoms with Crippen LogP contribution in [0.15, 0.2) is 0 Å². The van der Waals surface area contributed by atoms with Gasteiger partial charge < -0.3 is 9.47 Å². The quantitative estimate of drug-likeness (QED) is 0.516. The molecule has 0 aliphatic carbocycles. The molecule has 0 spiro atoms. The van der Waals surface area contributed by atoms with Crippen molar-refractivity contribution < 1.29 is 26.6 Å². The van der Waals surface area contributed by atoms with Crippen molar-refractivity contribution in [1.82, 2.24) is 0 Å². The molecule has 0 aromatic heterocycles. The number of ether oxygens (including phenoxy) is 2. The average Bonchev–Trinajstić information content (AvgIpc) is 2.02. The van der Waals surface area contributed by atoms with Crippen molar-refractivity contribution in [3.8, 4) is 0 Å². The van der Waals surface area contributed by atoms with Gasteiger partial charge in [-0.25, -0.2) is 0 Å². The van der Waals surface area contributed by atoms with E-state index in [2.05, 4.69) is 4.18 Å². The van der Waals surface area contributed by atoms with Crippen LogP contribution in [0.4, 0.5) is 0 Å². The Morgan fingerprint density at radius 2 is 1.57 bits per heavy atom. The zero-order valence-corrected chi connectivity index (χ0v) is 9.33. The topological polar surface area (TPSA) is 82.1 Å². The van der Waals surface area contributed by atoms with E-state index in [0.717, 1.165) is 0 Å². The molecular formula is C7H16O6S. The monoisotopic (exact) mass is 228 g/mol. The molecule has 0 amide bonds. The lowest BCUT2D eigenvalue weighted by atomic mass is 10.4. The number of hydrogen-bond donors (Lipinski definition) is 1. The van der Waals surface area contributed by atoms with Crippen molar-refractivity contribution >= 4 is 10.4 Å². The Morgan fingerprint density at radius 1 is 1.14 bits per heavy atom. The summed E-state index contributed by atoms with van der Waals surface area (Å²) in [6.07, 6.45) is 0.147. The van der Waals surface area contributed by atoms with Gasteiger partial charge in [0.15, 0.2) is 0 Å². The van der Waals surface area contributed by atoms with E-state index >= 15 is 0 Å². The standard InChI is InChI=1S/C7H16O6S/c1-4-7(11-5-2,12-6-3)13-14(8,9)10/h4-6H2,1-3H3,(H,8,9,10). The summed E-state index contributed by atoms with van der Waals surface area (Å²) in [6, 6.07) is 0. The van der Waals surface area contributed by atoms with Crippen LogP contribution in [0.3, 0.4) is 0 Å². The van der Waals surface area contributed by atoms with Crippen LogP contribution in [-0.2, 0) is 24.1 Å². The van der Waals surface area contributed by atoms with Gasteiger partial charge in [0.25, 0.3) is 5.97 Å². The van der Waals surface area contributed by atoms with Crippen LogP contribution in [-0.4, -0.2) is 32.2 Å². The van der Waals surface area contributed by atoms with Gasteiger partial charge >= 0.3 is 10.4 Å². The average molecular weight is 228 g/mol. The van der Waals surface area contributed by atoms with Crippen LogP contribution in [0.5, 0.6) is 0 Å². The second-order valence-corrected chi connectivity index (χ2v) is 3.44. The highest BCUT2D eigenvalue weighted by molar-refractivity contribution is 7.80. The van der Waals surface area contributed by atoms with Crippen LogP contribution in [0.1, 0.15) is 27.2 Å². The lowest BCUT2D eigenvalue weighted by Crippen LogP contribution is -2.40. The highest BCUT2D eigenvalue weighted by atomic mass is 32.3. The SMILES string of the molecule is CCOC(CC)(OCC)OS(=O)(=O)O. The van der Waals surface area contributed by atoms with E-state index in [1.165, 1.54) is 0 Å². The summed E-state index contributed by atoms with van der Waals surface area (Å²) in [7, 11) is -4.59. The molecule has 0 saturated heterocycles. The Hall–Kier alpha value is -0.210. The van der Waals surface area contributed by atoms with Crippen molar-refractivity contribution in [2.75, 3.05) is 13.2 Å². The first-order chi connectivity index (χ1) is 6.39. The highest BCUT2D eigenvalue weighted by Crippen LogP contribution is 2.21. The molecule has 0 bridgehead atoms. The van der Waals surface area contributed by atoms with Crippen LogP contribution in [0, 0.1) is 0 Å². The normalized spacial score (nSPS) is 13.1. The van der Waals surface area contributed by atoms with Crippen LogP contribution in [0.2, 0.25) is 0 Å². The lowest BCUT2D eigenvalue weighted by molar-refractivity contribution is -0.341. The van der Waals surface area contributed by atoms with Gasteiger partial charge in [-0.3, -0.25) is 4.55 Å². The lowest BCUT2D eigenvalue weighted by Gasteiger charge is -2.29. The van der Waals surface area contributed by atoms with E-state index < -0.39 is 16.4 Å². The molecule has 7 heteroatoms. The van der Waals surface area contributed by atoms with Gasteiger partial charge in [0.1, 0.15) is 0 Å². The van der Waals surface area contributed by atoms with Gasteiger partial charge in [-0.2, -0.15) is 12.6 Å². The summed E-state index contributed by atoms with van der Waals surface area (Å²) >= 11 is 0. The molecule has 0 radical (unpaired) electrons. The minimum atomic E-state index is -4.59. The summed E-state index contributed by atoms with van der Waals surface area (Å²) in [5, 5.41) is 0. The van der Waals surface area contributed by atoms with E-state index in [9.17, 15) is 8.42 Å². The van der Waals surface area contributed by atoms with E-state index in [0.29, 0.717) is 0 Å². The Balaban J connectivity index is 4.65. The highest BCUT2D eigenvalue weighted by Gasteiger charge is 2.36. The molecule has 0 fully saturated rings. The molecule has 86 valence electrons. The predicted octanol–water partition coefficient (Wildman–Crippen LogP) is 0.943. The van der Waals surface area contributed by atoms with Crippen molar-refractivity contribution in [2.24, 2.45) is 0 Å². The summed E-state index contributed by atoms with van der Waals surface area (Å²) in [5.74, 6) is -1.71. The predicted molar refractivity (Wildman–Crippen MR) is 48.9 cm³/mol. The fourth-order valence-electron chi connectivity index (χ4n) is 0.953. The van der Waals surface area contributed by atoms with Crippen molar-refractivity contribution in [1.29, 1.82) is 0 Å². The summed E-state index contributed by atoms with van der Waals surface area (Å²) in [6.45, 7) is 5.37. The molecule has 6 nitrogen and oxygen atoms in total. The second kappa shape index (κ2) is 5.62. The maximum Gasteiger partial charge on any atom is 0.401 e. The summed E-state index contributed by atoms with van der Waals surface area (Å²) in [5.41, 5.74) is 0. The fraction of sp³-hybridized carbons (Fsp3) is 1.00. The number of hydrogen-bond acceptors (Lipinski definition) is 5. The Kier molecular flexibility index (Phi) is 5.53. The van der Waals surface area contributed by atoms with Gasteiger partial charge in [-0.05, 0) is 13.8 Å². The molecule has 0 aliphatic rings. The fourth-order valence-corrected chi connectivity index (χ4v) is 1.49. The smallest absolute Gasteiger partial charge is 0.327 e. The molecule has 1 N–H and O–H groups in total.